The first kappa shape index (κ1) is 11.9. The summed E-state index contributed by atoms with van der Waals surface area (Å²) in [6.07, 6.45) is 3.30. The second kappa shape index (κ2) is 4.71. The van der Waals surface area contributed by atoms with Crippen molar-refractivity contribution in [3.8, 4) is 0 Å². The van der Waals surface area contributed by atoms with Crippen molar-refractivity contribution in [1.82, 2.24) is 4.98 Å². The number of aromatic carboxylic acids is 1. The highest BCUT2D eigenvalue weighted by Crippen LogP contribution is 2.23. The Morgan fingerprint density at radius 3 is 2.71 bits per heavy atom. The molecule has 0 spiro atoms. The van der Waals surface area contributed by atoms with E-state index in [-0.39, 0.29) is 12.2 Å². The van der Waals surface area contributed by atoms with Crippen LogP contribution in [0.2, 0.25) is 0 Å². The lowest BCUT2D eigenvalue weighted by Gasteiger charge is -2.37. The normalized spacial score (nSPS) is 24.7. The van der Waals surface area contributed by atoms with Gasteiger partial charge in [-0.15, -0.1) is 0 Å². The van der Waals surface area contributed by atoms with Crippen molar-refractivity contribution in [3.05, 3.63) is 24.0 Å². The number of pyridine rings is 1. The highest BCUT2D eigenvalue weighted by molar-refractivity contribution is 5.94. The van der Waals surface area contributed by atoms with E-state index in [0.717, 1.165) is 0 Å². The van der Waals surface area contributed by atoms with Gasteiger partial charge in [0.25, 0.3) is 0 Å². The van der Waals surface area contributed by atoms with Crippen molar-refractivity contribution in [2.45, 2.75) is 26.1 Å². The van der Waals surface area contributed by atoms with Crippen LogP contribution in [0.1, 0.15) is 24.2 Å². The molecular formula is C12H16N2O3. The molecule has 1 aromatic heterocycles. The number of hydrogen-bond acceptors (Lipinski definition) is 4. The zero-order valence-corrected chi connectivity index (χ0v) is 9.96. The standard InChI is InChI=1S/C12H16N2O3/c1-8-6-14(7-9(2)17-8)11-5-13-4-3-10(11)12(15)16/h3-5,8-9H,6-7H2,1-2H3,(H,15,16)/t8-,9+. The Morgan fingerprint density at radius 1 is 1.47 bits per heavy atom. The largest absolute Gasteiger partial charge is 0.478 e. The maximum atomic E-state index is 11.1. The second-order valence-corrected chi connectivity index (χ2v) is 4.36. The number of carboxylic acids is 1. The molecule has 1 aliphatic rings. The van der Waals surface area contributed by atoms with Gasteiger partial charge in [-0.3, -0.25) is 4.98 Å². The van der Waals surface area contributed by atoms with Gasteiger partial charge in [-0.2, -0.15) is 0 Å². The molecule has 0 aliphatic carbocycles. The molecule has 5 heteroatoms. The molecule has 1 saturated heterocycles. The molecule has 0 unspecified atom stereocenters. The van der Waals surface area contributed by atoms with Crippen molar-refractivity contribution in [2.75, 3.05) is 18.0 Å². The van der Waals surface area contributed by atoms with Crippen LogP contribution < -0.4 is 4.90 Å². The highest BCUT2D eigenvalue weighted by Gasteiger charge is 2.25. The predicted octanol–water partition coefficient (Wildman–Crippen LogP) is 1.39. The van der Waals surface area contributed by atoms with E-state index in [1.165, 1.54) is 12.3 Å². The monoisotopic (exact) mass is 236 g/mol. The molecule has 17 heavy (non-hydrogen) atoms. The minimum atomic E-state index is -0.922. The van der Waals surface area contributed by atoms with Gasteiger partial charge in [-0.25, -0.2) is 4.79 Å². The van der Waals surface area contributed by atoms with Gasteiger partial charge in [0.1, 0.15) is 0 Å². The van der Waals surface area contributed by atoms with E-state index in [2.05, 4.69) is 4.98 Å². The first-order valence-electron chi connectivity index (χ1n) is 5.65. The molecule has 0 radical (unpaired) electrons. The van der Waals surface area contributed by atoms with Gasteiger partial charge in [0.15, 0.2) is 0 Å². The third-order valence-electron chi connectivity index (χ3n) is 2.79. The molecule has 1 N–H and O–H groups in total. The first-order valence-corrected chi connectivity index (χ1v) is 5.65. The Hall–Kier alpha value is -1.62. The van der Waals surface area contributed by atoms with Crippen LogP contribution in [0.15, 0.2) is 18.5 Å². The third-order valence-corrected chi connectivity index (χ3v) is 2.79. The molecule has 1 aliphatic heterocycles. The lowest BCUT2D eigenvalue weighted by atomic mass is 10.1. The number of ether oxygens (including phenoxy) is 1. The van der Waals surface area contributed by atoms with E-state index < -0.39 is 5.97 Å². The molecule has 5 nitrogen and oxygen atoms in total. The topological polar surface area (TPSA) is 62.7 Å². The van der Waals surface area contributed by atoms with Crippen molar-refractivity contribution in [1.29, 1.82) is 0 Å². The molecule has 92 valence electrons. The summed E-state index contributed by atoms with van der Waals surface area (Å²) in [4.78, 5) is 17.2. The van der Waals surface area contributed by atoms with Crippen LogP contribution in [0.4, 0.5) is 5.69 Å². The van der Waals surface area contributed by atoms with Crippen molar-refractivity contribution < 1.29 is 14.6 Å². The summed E-state index contributed by atoms with van der Waals surface area (Å²) in [7, 11) is 0. The van der Waals surface area contributed by atoms with E-state index in [1.807, 2.05) is 18.7 Å². The number of hydrogen-bond donors (Lipinski definition) is 1. The van der Waals surface area contributed by atoms with Gasteiger partial charge in [0.05, 0.1) is 29.7 Å². The molecule has 0 saturated carbocycles. The number of nitrogens with zero attached hydrogens (tertiary/aromatic N) is 2. The summed E-state index contributed by atoms with van der Waals surface area (Å²) in [6, 6.07) is 1.53. The number of morpholine rings is 1. The summed E-state index contributed by atoms with van der Waals surface area (Å²) >= 11 is 0. The van der Waals surface area contributed by atoms with Crippen LogP contribution in [0.25, 0.3) is 0 Å². The Labute approximate surface area is 100 Å². The lowest BCUT2D eigenvalue weighted by molar-refractivity contribution is -0.00533. The number of rotatable bonds is 2. The molecule has 0 bridgehead atoms. The number of aromatic nitrogens is 1. The zero-order chi connectivity index (χ0) is 12.4. The van der Waals surface area contributed by atoms with Gasteiger partial charge in [-0.05, 0) is 19.9 Å². The fraction of sp³-hybridized carbons (Fsp3) is 0.500. The molecule has 0 aromatic carbocycles. The fourth-order valence-corrected chi connectivity index (χ4v) is 2.19. The molecular weight excluding hydrogens is 220 g/mol. The quantitative estimate of drug-likeness (QED) is 0.840. The predicted molar refractivity (Wildman–Crippen MR) is 63.4 cm³/mol. The number of carboxylic acid groups (broad SMARTS) is 1. The van der Waals surface area contributed by atoms with E-state index in [4.69, 9.17) is 9.84 Å². The number of anilines is 1. The SMILES string of the molecule is C[C@@H]1CN(c2cnccc2C(=O)O)C[C@H](C)O1. The summed E-state index contributed by atoms with van der Waals surface area (Å²) in [5, 5.41) is 9.14. The van der Waals surface area contributed by atoms with Crippen LogP contribution in [0.3, 0.4) is 0 Å². The maximum Gasteiger partial charge on any atom is 0.337 e. The minimum Gasteiger partial charge on any atom is -0.478 e. The zero-order valence-electron chi connectivity index (χ0n) is 9.96. The lowest BCUT2D eigenvalue weighted by Crippen LogP contribution is -2.46. The summed E-state index contributed by atoms with van der Waals surface area (Å²) < 4.78 is 5.63. The summed E-state index contributed by atoms with van der Waals surface area (Å²) in [5.74, 6) is -0.922. The average molecular weight is 236 g/mol. The van der Waals surface area contributed by atoms with E-state index >= 15 is 0 Å². The Kier molecular flexibility index (Phi) is 3.28. The Morgan fingerprint density at radius 2 is 2.12 bits per heavy atom. The van der Waals surface area contributed by atoms with Gasteiger partial charge in [-0.1, -0.05) is 0 Å². The third kappa shape index (κ3) is 2.55. The second-order valence-electron chi connectivity index (χ2n) is 4.36. The average Bonchev–Trinajstić information content (AvgIpc) is 2.27. The molecule has 2 rings (SSSR count). The molecule has 2 atom stereocenters. The molecule has 0 amide bonds. The minimum absolute atomic E-state index is 0.0978. The highest BCUT2D eigenvalue weighted by atomic mass is 16.5. The first-order chi connectivity index (χ1) is 8.08. The van der Waals surface area contributed by atoms with E-state index in [9.17, 15) is 4.79 Å². The smallest absolute Gasteiger partial charge is 0.337 e. The van der Waals surface area contributed by atoms with Crippen molar-refractivity contribution in [2.24, 2.45) is 0 Å². The van der Waals surface area contributed by atoms with Crippen LogP contribution in [0.5, 0.6) is 0 Å². The van der Waals surface area contributed by atoms with Crippen LogP contribution >= 0.6 is 0 Å². The van der Waals surface area contributed by atoms with Crippen LogP contribution in [-0.2, 0) is 4.74 Å². The Balaban J connectivity index is 2.30. The van der Waals surface area contributed by atoms with Crippen LogP contribution in [0, 0.1) is 0 Å². The Bertz CT molecular complexity index is 412. The number of carbonyl (C=O) groups is 1. The van der Waals surface area contributed by atoms with Gasteiger partial charge < -0.3 is 14.7 Å². The van der Waals surface area contributed by atoms with E-state index in [0.29, 0.717) is 24.3 Å². The van der Waals surface area contributed by atoms with E-state index in [1.54, 1.807) is 6.20 Å². The summed E-state index contributed by atoms with van der Waals surface area (Å²) in [6.45, 7) is 5.35. The molecule has 1 aromatic rings. The molecule has 1 fully saturated rings. The van der Waals surface area contributed by atoms with Crippen molar-refractivity contribution in [3.63, 3.8) is 0 Å². The maximum absolute atomic E-state index is 11.1. The summed E-state index contributed by atoms with van der Waals surface area (Å²) in [5.41, 5.74) is 0.961. The van der Waals surface area contributed by atoms with Gasteiger partial charge >= 0.3 is 5.97 Å². The van der Waals surface area contributed by atoms with Crippen LogP contribution in [-0.4, -0.2) is 41.4 Å². The van der Waals surface area contributed by atoms with Gasteiger partial charge in [0, 0.05) is 19.3 Å². The fourth-order valence-electron chi connectivity index (χ4n) is 2.19. The molecule has 2 heterocycles. The van der Waals surface area contributed by atoms with Crippen molar-refractivity contribution >= 4 is 11.7 Å². The van der Waals surface area contributed by atoms with Gasteiger partial charge in [0.2, 0.25) is 0 Å².